The highest BCUT2D eigenvalue weighted by molar-refractivity contribution is 14.1. The van der Waals surface area contributed by atoms with Crippen LogP contribution in [0.3, 0.4) is 0 Å². The van der Waals surface area contributed by atoms with Gasteiger partial charge in [-0.05, 0) is 52.9 Å². The standard InChI is InChI=1S/C19H15BrIN3O3/c1-2-9-27-17-8-7-14(20)10-13(17)11-23-24-18(25)12-22-19(26)15-5-3-4-6-16(15)21/h1,3-8,10-11H,9,12H2,(H,22,26)(H,24,25)/b23-11-. The molecule has 0 aliphatic rings. The summed E-state index contributed by atoms with van der Waals surface area (Å²) in [5, 5.41) is 6.44. The van der Waals surface area contributed by atoms with Crippen molar-refractivity contribution in [2.24, 2.45) is 5.10 Å². The Hall–Kier alpha value is -2.38. The topological polar surface area (TPSA) is 79.8 Å². The molecular weight excluding hydrogens is 525 g/mol. The highest BCUT2D eigenvalue weighted by atomic mass is 127. The van der Waals surface area contributed by atoms with Gasteiger partial charge in [0.1, 0.15) is 12.4 Å². The van der Waals surface area contributed by atoms with Crippen LogP contribution in [0.2, 0.25) is 0 Å². The molecule has 0 aromatic heterocycles. The number of nitrogens with one attached hydrogen (secondary N) is 2. The van der Waals surface area contributed by atoms with Crippen LogP contribution >= 0.6 is 38.5 Å². The smallest absolute Gasteiger partial charge is 0.259 e. The number of carbonyl (C=O) groups excluding carboxylic acids is 2. The minimum Gasteiger partial charge on any atom is -0.480 e. The van der Waals surface area contributed by atoms with Crippen molar-refractivity contribution in [1.82, 2.24) is 10.7 Å². The SMILES string of the molecule is C#CCOc1ccc(Br)cc1/C=N\NC(=O)CNC(=O)c1ccccc1I. The third-order valence-corrected chi connectivity index (χ3v) is 4.64. The van der Waals surface area contributed by atoms with E-state index in [-0.39, 0.29) is 19.1 Å². The predicted molar refractivity (Wildman–Crippen MR) is 116 cm³/mol. The van der Waals surface area contributed by atoms with Gasteiger partial charge in [0.25, 0.3) is 11.8 Å². The van der Waals surface area contributed by atoms with Gasteiger partial charge in [0.15, 0.2) is 0 Å². The van der Waals surface area contributed by atoms with E-state index in [4.69, 9.17) is 11.2 Å². The minimum atomic E-state index is -0.452. The molecule has 0 saturated carbocycles. The lowest BCUT2D eigenvalue weighted by atomic mass is 10.2. The van der Waals surface area contributed by atoms with Crippen molar-refractivity contribution in [2.75, 3.05) is 13.2 Å². The Labute approximate surface area is 179 Å². The molecule has 0 heterocycles. The monoisotopic (exact) mass is 539 g/mol. The van der Waals surface area contributed by atoms with E-state index in [0.29, 0.717) is 16.9 Å². The van der Waals surface area contributed by atoms with Crippen molar-refractivity contribution >= 4 is 56.5 Å². The fourth-order valence-corrected chi connectivity index (χ4v) is 3.00. The zero-order valence-corrected chi connectivity index (χ0v) is 17.8. The van der Waals surface area contributed by atoms with Crippen LogP contribution in [0.5, 0.6) is 5.75 Å². The molecule has 0 spiro atoms. The highest BCUT2D eigenvalue weighted by Gasteiger charge is 2.10. The van der Waals surface area contributed by atoms with E-state index in [1.54, 1.807) is 24.3 Å². The van der Waals surface area contributed by atoms with Gasteiger partial charge >= 0.3 is 0 Å². The maximum Gasteiger partial charge on any atom is 0.259 e. The first kappa shape index (κ1) is 20.9. The van der Waals surface area contributed by atoms with E-state index in [2.05, 4.69) is 60.3 Å². The van der Waals surface area contributed by atoms with Crippen molar-refractivity contribution in [3.8, 4) is 18.1 Å². The van der Waals surface area contributed by atoms with E-state index in [0.717, 1.165) is 8.04 Å². The zero-order chi connectivity index (χ0) is 19.6. The lowest BCUT2D eigenvalue weighted by Gasteiger charge is -2.07. The number of hydrogen-bond donors (Lipinski definition) is 2. The van der Waals surface area contributed by atoms with Crippen molar-refractivity contribution < 1.29 is 14.3 Å². The average molecular weight is 540 g/mol. The van der Waals surface area contributed by atoms with E-state index in [1.807, 2.05) is 18.2 Å². The molecule has 6 nitrogen and oxygen atoms in total. The molecule has 2 rings (SSSR count). The van der Waals surface area contributed by atoms with Crippen molar-refractivity contribution in [1.29, 1.82) is 0 Å². The largest absolute Gasteiger partial charge is 0.480 e. The first-order chi connectivity index (χ1) is 13.0. The van der Waals surface area contributed by atoms with Crippen molar-refractivity contribution in [3.63, 3.8) is 0 Å². The summed E-state index contributed by atoms with van der Waals surface area (Å²) < 4.78 is 7.05. The maximum atomic E-state index is 12.1. The van der Waals surface area contributed by atoms with E-state index in [9.17, 15) is 9.59 Å². The molecule has 0 saturated heterocycles. The Morgan fingerprint density at radius 1 is 1.30 bits per heavy atom. The molecule has 0 radical (unpaired) electrons. The van der Waals surface area contributed by atoms with Crippen molar-refractivity contribution in [3.05, 3.63) is 61.6 Å². The van der Waals surface area contributed by atoms with E-state index < -0.39 is 5.91 Å². The zero-order valence-electron chi connectivity index (χ0n) is 14.0. The highest BCUT2D eigenvalue weighted by Crippen LogP contribution is 2.21. The number of rotatable bonds is 7. The number of hydrazone groups is 1. The summed E-state index contributed by atoms with van der Waals surface area (Å²) in [5.74, 6) is 2.16. The van der Waals surface area contributed by atoms with Gasteiger partial charge in [-0.2, -0.15) is 5.10 Å². The Balaban J connectivity index is 1.90. The number of ether oxygens (including phenoxy) is 1. The molecule has 8 heteroatoms. The van der Waals surface area contributed by atoms with Gasteiger partial charge in [-0.1, -0.05) is 34.0 Å². The molecule has 0 aliphatic carbocycles. The van der Waals surface area contributed by atoms with Gasteiger partial charge < -0.3 is 10.1 Å². The molecule has 27 heavy (non-hydrogen) atoms. The van der Waals surface area contributed by atoms with Crippen LogP contribution in [-0.4, -0.2) is 31.2 Å². The lowest BCUT2D eigenvalue weighted by molar-refractivity contribution is -0.120. The van der Waals surface area contributed by atoms with E-state index in [1.165, 1.54) is 6.21 Å². The summed E-state index contributed by atoms with van der Waals surface area (Å²) >= 11 is 5.43. The quantitative estimate of drug-likeness (QED) is 0.246. The fourth-order valence-electron chi connectivity index (χ4n) is 1.99. The molecule has 2 N–H and O–H groups in total. The molecule has 0 unspecified atom stereocenters. The average Bonchev–Trinajstić information content (AvgIpc) is 2.66. The fraction of sp³-hybridized carbons (Fsp3) is 0.105. The lowest BCUT2D eigenvalue weighted by Crippen LogP contribution is -2.35. The first-order valence-corrected chi connectivity index (χ1v) is 9.59. The van der Waals surface area contributed by atoms with Gasteiger partial charge in [-0.3, -0.25) is 9.59 Å². The molecule has 0 fully saturated rings. The normalized spacial score (nSPS) is 10.3. The predicted octanol–water partition coefficient (Wildman–Crippen LogP) is 2.95. The number of halogens is 2. The van der Waals surface area contributed by atoms with Gasteiger partial charge in [-0.15, -0.1) is 6.42 Å². The third-order valence-electron chi connectivity index (χ3n) is 3.20. The Morgan fingerprint density at radius 2 is 2.07 bits per heavy atom. The first-order valence-electron chi connectivity index (χ1n) is 7.71. The Morgan fingerprint density at radius 3 is 2.81 bits per heavy atom. The maximum absolute atomic E-state index is 12.1. The van der Waals surface area contributed by atoms with Crippen LogP contribution in [0.25, 0.3) is 0 Å². The van der Waals surface area contributed by atoms with Crippen LogP contribution in [0.15, 0.2) is 52.0 Å². The Bertz CT molecular complexity index is 909. The van der Waals surface area contributed by atoms with Crippen LogP contribution in [0, 0.1) is 15.9 Å². The number of carbonyl (C=O) groups is 2. The summed E-state index contributed by atoms with van der Waals surface area (Å²) in [4.78, 5) is 23.9. The second kappa shape index (κ2) is 10.7. The van der Waals surface area contributed by atoms with Crippen LogP contribution < -0.4 is 15.5 Å². The summed E-state index contributed by atoms with van der Waals surface area (Å²) in [7, 11) is 0. The minimum absolute atomic E-state index is 0.124. The molecule has 0 aliphatic heterocycles. The number of hydrogen-bond acceptors (Lipinski definition) is 4. The van der Waals surface area contributed by atoms with Gasteiger partial charge in [-0.25, -0.2) is 5.43 Å². The summed E-state index contributed by atoms with van der Waals surface area (Å²) in [6.45, 7) is -0.0702. The second-order valence-corrected chi connectivity index (χ2v) is 7.21. The summed E-state index contributed by atoms with van der Waals surface area (Å²) in [6.07, 6.45) is 6.64. The molecule has 0 bridgehead atoms. The second-order valence-electron chi connectivity index (χ2n) is 5.13. The molecule has 2 amide bonds. The molecule has 2 aromatic rings. The summed E-state index contributed by atoms with van der Waals surface area (Å²) in [6, 6.07) is 12.4. The van der Waals surface area contributed by atoms with Crippen molar-refractivity contribution in [2.45, 2.75) is 0 Å². The third kappa shape index (κ3) is 6.69. The number of amides is 2. The number of benzene rings is 2. The molecule has 138 valence electrons. The van der Waals surface area contributed by atoms with Gasteiger partial charge in [0.2, 0.25) is 0 Å². The van der Waals surface area contributed by atoms with Gasteiger partial charge in [0.05, 0.1) is 18.3 Å². The van der Waals surface area contributed by atoms with E-state index >= 15 is 0 Å². The number of terminal acetylenes is 1. The Kier molecular flexibility index (Phi) is 8.29. The van der Waals surface area contributed by atoms with Gasteiger partial charge in [0, 0.05) is 13.6 Å². The van der Waals surface area contributed by atoms with Crippen LogP contribution in [0.4, 0.5) is 0 Å². The summed E-state index contributed by atoms with van der Waals surface area (Å²) in [5.41, 5.74) is 3.51. The van der Waals surface area contributed by atoms with Crippen LogP contribution in [-0.2, 0) is 4.79 Å². The number of nitrogens with zero attached hydrogens (tertiary/aromatic N) is 1. The van der Waals surface area contributed by atoms with Crippen LogP contribution in [0.1, 0.15) is 15.9 Å². The molecular formula is C19H15BrIN3O3. The molecule has 2 aromatic carbocycles. The molecule has 0 atom stereocenters.